The molecule has 0 unspecified atom stereocenters. The molecule has 0 aliphatic carbocycles. The number of rotatable bonds is 0. The van der Waals surface area contributed by atoms with E-state index >= 15 is 0 Å². The Morgan fingerprint density at radius 1 is 0.750 bits per heavy atom. The average Bonchev–Trinajstić information content (AvgIpc) is 1.83. The average molecular weight is 292 g/mol. The molecule has 0 aliphatic heterocycles. The fourth-order valence-corrected chi connectivity index (χ4v) is 0. The van der Waals surface area contributed by atoms with Gasteiger partial charge in [0.15, 0.2) is 0 Å². The van der Waals surface area contributed by atoms with Gasteiger partial charge in [-0.15, -0.1) is 0 Å². The van der Waals surface area contributed by atoms with Crippen LogP contribution in [-0.4, -0.2) is 29.8 Å². The minimum Gasteiger partial charge on any atom is -0.542 e. The van der Waals surface area contributed by atoms with E-state index in [-0.39, 0.29) is 27.2 Å². The van der Waals surface area contributed by atoms with Crippen molar-refractivity contribution in [1.29, 1.82) is 0 Å². The van der Waals surface area contributed by atoms with Gasteiger partial charge in [-0.05, 0) is 0 Å². The zero-order valence-electron chi connectivity index (χ0n) is 6.90. The van der Waals surface area contributed by atoms with Crippen molar-refractivity contribution in [3.05, 3.63) is 0 Å². The zero-order valence-corrected chi connectivity index (χ0v) is 8.46. The molecule has 94 valence electrons. The Kier molecular flexibility index (Phi) is 12.8. The number of hydrogen-bond donors (Lipinski definition) is 0. The smallest absolute Gasteiger partial charge is 0.542 e. The summed E-state index contributed by atoms with van der Waals surface area (Å²) in [7, 11) is 0. The monoisotopic (exact) mass is 292 g/mol. The molecule has 0 amide bonds. The van der Waals surface area contributed by atoms with Gasteiger partial charge in [-0.2, -0.15) is 26.3 Å². The molecule has 12 heteroatoms. The standard InChI is InChI=1S/2C2HF3O2.H2O.Ti/c2*3-2(4,5)1(6)7;;/h2*(H,6,7);1H2;/q;;;+2/p-2. The molecule has 0 saturated heterocycles. The van der Waals surface area contributed by atoms with Crippen LogP contribution in [0.15, 0.2) is 0 Å². The van der Waals surface area contributed by atoms with E-state index in [1.54, 1.807) is 0 Å². The van der Waals surface area contributed by atoms with Gasteiger partial charge in [0.05, 0.1) is 0 Å². The summed E-state index contributed by atoms with van der Waals surface area (Å²) in [5.74, 6) is -6.01. The minimum absolute atomic E-state index is 0. The molecule has 5 nitrogen and oxygen atoms in total. The van der Waals surface area contributed by atoms with Gasteiger partial charge in [0.2, 0.25) is 0 Å². The number of alkyl halides is 6. The summed E-state index contributed by atoms with van der Waals surface area (Å²) in [6.07, 6.45) is -10.4. The van der Waals surface area contributed by atoms with Crippen LogP contribution in [0.25, 0.3) is 0 Å². The molecule has 0 heterocycles. The Bertz CT molecular complexity index is 198. The summed E-state index contributed by atoms with van der Waals surface area (Å²) in [6, 6.07) is 0. The maximum Gasteiger partial charge on any atom is 2.00 e. The second-order valence-corrected chi connectivity index (χ2v) is 1.57. The summed E-state index contributed by atoms with van der Waals surface area (Å²) in [6.45, 7) is 0. The molecule has 0 aromatic rings. The van der Waals surface area contributed by atoms with E-state index in [0.29, 0.717) is 0 Å². The van der Waals surface area contributed by atoms with Gasteiger partial charge in [-0.3, -0.25) is 0 Å². The predicted octanol–water partition coefficient (Wildman–Crippen LogP) is -2.23. The number of carbonyl (C=O) groups excluding carboxylic acids is 2. The molecule has 0 fully saturated rings. The van der Waals surface area contributed by atoms with Gasteiger partial charge < -0.3 is 25.3 Å². The predicted molar refractivity (Wildman–Crippen MR) is 25.7 cm³/mol. The van der Waals surface area contributed by atoms with Gasteiger partial charge in [0.1, 0.15) is 11.9 Å². The molecule has 0 aliphatic rings. The topological polar surface area (TPSA) is 112 Å². The molecule has 0 aromatic heterocycles. The van der Waals surface area contributed by atoms with Crippen LogP contribution in [0.2, 0.25) is 0 Å². The van der Waals surface area contributed by atoms with Gasteiger partial charge in [0.25, 0.3) is 0 Å². The van der Waals surface area contributed by atoms with Gasteiger partial charge >= 0.3 is 34.1 Å². The first-order valence-corrected chi connectivity index (χ1v) is 2.45. The molecule has 16 heavy (non-hydrogen) atoms. The third kappa shape index (κ3) is 15.7. The van der Waals surface area contributed by atoms with Crippen LogP contribution in [0.3, 0.4) is 0 Å². The first-order chi connectivity index (χ1) is 5.89. The number of hydrogen-bond acceptors (Lipinski definition) is 4. The third-order valence-electron chi connectivity index (χ3n) is 0.463. The summed E-state index contributed by atoms with van der Waals surface area (Å²) >= 11 is 0. The van der Waals surface area contributed by atoms with E-state index in [0.717, 1.165) is 0 Å². The van der Waals surface area contributed by atoms with Crippen LogP contribution in [0.1, 0.15) is 0 Å². The van der Waals surface area contributed by atoms with Crippen molar-refractivity contribution in [2.75, 3.05) is 0 Å². The molecule has 0 atom stereocenters. The summed E-state index contributed by atoms with van der Waals surface area (Å²) in [5.41, 5.74) is 0. The molecular weight excluding hydrogens is 290 g/mol. The first-order valence-electron chi connectivity index (χ1n) is 2.45. The minimum atomic E-state index is -5.19. The molecular formula is C4H2F6O5Ti. The normalized spacial score (nSPS) is 9.88. The Morgan fingerprint density at radius 2 is 0.812 bits per heavy atom. The van der Waals surface area contributed by atoms with Gasteiger partial charge in [0, 0.05) is 0 Å². The van der Waals surface area contributed by atoms with Crippen LogP contribution >= 0.6 is 0 Å². The SMILES string of the molecule is O.O=C([O-])C(F)(F)F.O=C([O-])C(F)(F)F.[Ti+2]. The summed E-state index contributed by atoms with van der Waals surface area (Å²) in [5, 5.41) is 17.6. The van der Waals surface area contributed by atoms with Crippen molar-refractivity contribution < 1.29 is 73.3 Å². The van der Waals surface area contributed by atoms with E-state index < -0.39 is 24.3 Å². The third-order valence-corrected chi connectivity index (χ3v) is 0.463. The molecule has 0 radical (unpaired) electrons. The van der Waals surface area contributed by atoms with E-state index in [9.17, 15) is 26.3 Å². The quantitative estimate of drug-likeness (QED) is 0.371. The molecule has 0 spiro atoms. The van der Waals surface area contributed by atoms with Gasteiger partial charge in [-0.1, -0.05) is 0 Å². The number of halogens is 6. The molecule has 0 bridgehead atoms. The van der Waals surface area contributed by atoms with Crippen molar-refractivity contribution in [2.24, 2.45) is 0 Å². The van der Waals surface area contributed by atoms with Crippen molar-refractivity contribution >= 4 is 11.9 Å². The fourth-order valence-electron chi connectivity index (χ4n) is 0. The van der Waals surface area contributed by atoms with Crippen molar-refractivity contribution in [3.63, 3.8) is 0 Å². The van der Waals surface area contributed by atoms with E-state index in [4.69, 9.17) is 19.8 Å². The molecule has 2 N–H and O–H groups in total. The second-order valence-electron chi connectivity index (χ2n) is 1.57. The van der Waals surface area contributed by atoms with E-state index in [1.807, 2.05) is 0 Å². The Morgan fingerprint density at radius 3 is 0.812 bits per heavy atom. The van der Waals surface area contributed by atoms with Crippen LogP contribution < -0.4 is 10.2 Å². The maximum absolute atomic E-state index is 10.5. The largest absolute Gasteiger partial charge is 2.00 e. The molecule has 0 rings (SSSR count). The molecule has 0 aromatic carbocycles. The summed E-state index contributed by atoms with van der Waals surface area (Å²) < 4.78 is 63.1. The van der Waals surface area contributed by atoms with Crippen LogP contribution in [-0.2, 0) is 31.3 Å². The van der Waals surface area contributed by atoms with Crippen LogP contribution in [0, 0.1) is 0 Å². The Balaban J connectivity index is -0.0000000800. The van der Waals surface area contributed by atoms with Crippen LogP contribution in [0.4, 0.5) is 26.3 Å². The maximum atomic E-state index is 10.5. The Hall–Kier alpha value is -0.806. The number of carboxylic acid groups (broad SMARTS) is 2. The number of carbonyl (C=O) groups is 2. The van der Waals surface area contributed by atoms with E-state index in [2.05, 4.69) is 0 Å². The first kappa shape index (κ1) is 24.4. The summed E-state index contributed by atoms with van der Waals surface area (Å²) in [4.78, 5) is 17.6. The van der Waals surface area contributed by atoms with Crippen molar-refractivity contribution in [3.8, 4) is 0 Å². The van der Waals surface area contributed by atoms with E-state index in [1.165, 1.54) is 0 Å². The van der Waals surface area contributed by atoms with Crippen molar-refractivity contribution in [1.82, 2.24) is 0 Å². The number of aliphatic carboxylic acids is 2. The van der Waals surface area contributed by atoms with Gasteiger partial charge in [-0.25, -0.2) is 0 Å². The second kappa shape index (κ2) is 8.36. The number of carboxylic acids is 2. The van der Waals surface area contributed by atoms with Crippen molar-refractivity contribution in [2.45, 2.75) is 12.4 Å². The zero-order chi connectivity index (χ0) is 12.2. The molecule has 0 saturated carbocycles. The van der Waals surface area contributed by atoms with Crippen LogP contribution in [0.5, 0.6) is 0 Å². The Labute approximate surface area is 98.2 Å². The fraction of sp³-hybridized carbons (Fsp3) is 0.500.